The normalized spacial score (nSPS) is 21.5. The van der Waals surface area contributed by atoms with E-state index in [1.54, 1.807) is 11.8 Å². The van der Waals surface area contributed by atoms with Crippen LogP contribution in [0.5, 0.6) is 0 Å². The average molecular weight is 223 g/mol. The maximum atomic E-state index is 4.39. The molecule has 15 heavy (non-hydrogen) atoms. The van der Waals surface area contributed by atoms with E-state index in [0.717, 1.165) is 29.1 Å². The molecule has 0 aromatic carbocycles. The molecule has 0 aliphatic carbocycles. The minimum Gasteiger partial charge on any atom is -0.316 e. The maximum absolute atomic E-state index is 4.39. The molecule has 4 heteroatoms. The van der Waals surface area contributed by atoms with Crippen molar-refractivity contribution >= 4 is 11.8 Å². The van der Waals surface area contributed by atoms with Gasteiger partial charge in [0.15, 0.2) is 5.16 Å². The fraction of sp³-hybridized carbons (Fsp3) is 0.636. The van der Waals surface area contributed by atoms with Crippen LogP contribution in [0.25, 0.3) is 0 Å². The Labute approximate surface area is 95.1 Å². The number of thioether (sulfide) groups is 1. The van der Waals surface area contributed by atoms with Crippen molar-refractivity contribution < 1.29 is 0 Å². The summed E-state index contributed by atoms with van der Waals surface area (Å²) < 4.78 is 0. The minimum absolute atomic E-state index is 0.785. The van der Waals surface area contributed by atoms with Crippen LogP contribution in [0.15, 0.2) is 17.4 Å². The van der Waals surface area contributed by atoms with Crippen LogP contribution in [0, 0.1) is 12.8 Å². The van der Waals surface area contributed by atoms with E-state index in [1.807, 2.05) is 19.2 Å². The van der Waals surface area contributed by atoms with Gasteiger partial charge in [-0.05, 0) is 44.8 Å². The molecule has 1 aromatic heterocycles. The molecule has 2 heterocycles. The van der Waals surface area contributed by atoms with Crippen LogP contribution in [0.4, 0.5) is 0 Å². The molecule has 1 aliphatic heterocycles. The van der Waals surface area contributed by atoms with Crippen molar-refractivity contribution in [3.8, 4) is 0 Å². The van der Waals surface area contributed by atoms with Crippen molar-refractivity contribution in [3.05, 3.63) is 18.0 Å². The predicted molar refractivity (Wildman–Crippen MR) is 63.1 cm³/mol. The maximum Gasteiger partial charge on any atom is 0.187 e. The fourth-order valence-corrected chi connectivity index (χ4v) is 2.77. The van der Waals surface area contributed by atoms with Gasteiger partial charge in [0.2, 0.25) is 0 Å². The Morgan fingerprint density at radius 1 is 1.60 bits per heavy atom. The van der Waals surface area contributed by atoms with Crippen molar-refractivity contribution in [2.45, 2.75) is 24.9 Å². The number of aryl methyl sites for hydroxylation is 1. The molecule has 1 N–H and O–H groups in total. The molecule has 0 spiro atoms. The van der Waals surface area contributed by atoms with E-state index in [0.29, 0.717) is 0 Å². The number of nitrogens with zero attached hydrogens (tertiary/aromatic N) is 2. The Kier molecular flexibility index (Phi) is 3.97. The second-order valence-electron chi connectivity index (χ2n) is 4.00. The summed E-state index contributed by atoms with van der Waals surface area (Å²) in [5, 5.41) is 4.35. The molecule has 82 valence electrons. The molecule has 0 saturated carbocycles. The summed E-state index contributed by atoms with van der Waals surface area (Å²) >= 11 is 1.78. The summed E-state index contributed by atoms with van der Waals surface area (Å²) in [6.45, 7) is 4.34. The molecule has 1 atom stereocenters. The van der Waals surface area contributed by atoms with Gasteiger partial charge in [-0.1, -0.05) is 11.8 Å². The van der Waals surface area contributed by atoms with Gasteiger partial charge in [-0.3, -0.25) is 0 Å². The van der Waals surface area contributed by atoms with Gasteiger partial charge < -0.3 is 5.32 Å². The van der Waals surface area contributed by atoms with Crippen molar-refractivity contribution in [2.75, 3.05) is 18.8 Å². The lowest BCUT2D eigenvalue weighted by molar-refractivity contribution is 0.410. The summed E-state index contributed by atoms with van der Waals surface area (Å²) in [4.78, 5) is 8.64. The van der Waals surface area contributed by atoms with E-state index in [-0.39, 0.29) is 0 Å². The first-order valence-electron chi connectivity index (χ1n) is 5.48. The van der Waals surface area contributed by atoms with Gasteiger partial charge in [0.25, 0.3) is 0 Å². The van der Waals surface area contributed by atoms with Crippen LogP contribution in [0.1, 0.15) is 18.5 Å². The predicted octanol–water partition coefficient (Wildman–Crippen LogP) is 1.88. The van der Waals surface area contributed by atoms with E-state index < -0.39 is 0 Å². The van der Waals surface area contributed by atoms with Gasteiger partial charge in [0, 0.05) is 17.6 Å². The Morgan fingerprint density at radius 2 is 2.53 bits per heavy atom. The molecule has 1 saturated heterocycles. The van der Waals surface area contributed by atoms with Gasteiger partial charge >= 0.3 is 0 Å². The third-order valence-corrected chi connectivity index (χ3v) is 3.71. The highest BCUT2D eigenvalue weighted by atomic mass is 32.2. The summed E-state index contributed by atoms with van der Waals surface area (Å²) in [5.41, 5.74) is 1.05. The van der Waals surface area contributed by atoms with E-state index in [2.05, 4.69) is 15.3 Å². The van der Waals surface area contributed by atoms with Gasteiger partial charge in [-0.15, -0.1) is 0 Å². The zero-order valence-corrected chi connectivity index (χ0v) is 9.89. The highest BCUT2D eigenvalue weighted by molar-refractivity contribution is 7.99. The molecule has 0 radical (unpaired) electrons. The summed E-state index contributed by atoms with van der Waals surface area (Å²) in [5.74, 6) is 1.92. The quantitative estimate of drug-likeness (QED) is 0.627. The SMILES string of the molecule is Cc1ccnc(SC[C@@H]2CCCNC2)n1. The zero-order valence-electron chi connectivity index (χ0n) is 9.07. The second-order valence-corrected chi connectivity index (χ2v) is 4.99. The van der Waals surface area contributed by atoms with Gasteiger partial charge in [0.05, 0.1) is 0 Å². The Morgan fingerprint density at radius 3 is 3.27 bits per heavy atom. The fourth-order valence-electron chi connectivity index (χ4n) is 1.75. The molecule has 0 amide bonds. The van der Waals surface area contributed by atoms with Crippen LogP contribution in [0.3, 0.4) is 0 Å². The number of piperidine rings is 1. The summed E-state index contributed by atoms with van der Waals surface area (Å²) in [6.07, 6.45) is 4.48. The van der Waals surface area contributed by atoms with Crippen LogP contribution >= 0.6 is 11.8 Å². The largest absolute Gasteiger partial charge is 0.316 e. The van der Waals surface area contributed by atoms with Crippen LogP contribution in [0.2, 0.25) is 0 Å². The number of nitrogens with one attached hydrogen (secondary N) is 1. The van der Waals surface area contributed by atoms with Crippen molar-refractivity contribution in [3.63, 3.8) is 0 Å². The van der Waals surface area contributed by atoms with Gasteiger partial charge in [-0.2, -0.15) is 0 Å². The van der Waals surface area contributed by atoms with Crippen molar-refractivity contribution in [1.82, 2.24) is 15.3 Å². The molecule has 0 unspecified atom stereocenters. The first-order valence-corrected chi connectivity index (χ1v) is 6.46. The first-order chi connectivity index (χ1) is 7.34. The number of hydrogen-bond donors (Lipinski definition) is 1. The molecule has 1 aliphatic rings. The van der Waals surface area contributed by atoms with Gasteiger partial charge in [0.1, 0.15) is 0 Å². The lowest BCUT2D eigenvalue weighted by Crippen LogP contribution is -2.30. The molecular weight excluding hydrogens is 206 g/mol. The Bertz CT molecular complexity index is 310. The highest BCUT2D eigenvalue weighted by Gasteiger charge is 2.13. The van der Waals surface area contributed by atoms with E-state index in [1.165, 1.54) is 19.4 Å². The number of rotatable bonds is 3. The van der Waals surface area contributed by atoms with Crippen molar-refractivity contribution in [1.29, 1.82) is 0 Å². The monoisotopic (exact) mass is 223 g/mol. The van der Waals surface area contributed by atoms with Crippen LogP contribution in [-0.2, 0) is 0 Å². The molecule has 1 aromatic rings. The van der Waals surface area contributed by atoms with Crippen LogP contribution < -0.4 is 5.32 Å². The first kappa shape index (κ1) is 10.9. The number of aromatic nitrogens is 2. The number of hydrogen-bond acceptors (Lipinski definition) is 4. The molecule has 2 rings (SSSR count). The standard InChI is InChI=1S/C11H17N3S/c1-9-4-6-13-11(14-9)15-8-10-3-2-5-12-7-10/h4,6,10,12H,2-3,5,7-8H2,1H3/t10-/m1/s1. The minimum atomic E-state index is 0.785. The molecule has 0 bridgehead atoms. The lowest BCUT2D eigenvalue weighted by atomic mass is 10.0. The smallest absolute Gasteiger partial charge is 0.187 e. The Hall–Kier alpha value is -0.610. The third-order valence-electron chi connectivity index (χ3n) is 2.62. The summed E-state index contributed by atoms with van der Waals surface area (Å²) in [6, 6.07) is 1.94. The molecular formula is C11H17N3S. The topological polar surface area (TPSA) is 37.8 Å². The van der Waals surface area contributed by atoms with E-state index >= 15 is 0 Å². The van der Waals surface area contributed by atoms with E-state index in [9.17, 15) is 0 Å². The zero-order chi connectivity index (χ0) is 10.5. The Balaban J connectivity index is 1.81. The average Bonchev–Trinajstić information content (AvgIpc) is 2.28. The van der Waals surface area contributed by atoms with Crippen LogP contribution in [-0.4, -0.2) is 28.8 Å². The molecule has 3 nitrogen and oxygen atoms in total. The summed E-state index contributed by atoms with van der Waals surface area (Å²) in [7, 11) is 0. The second kappa shape index (κ2) is 5.47. The highest BCUT2D eigenvalue weighted by Crippen LogP contribution is 2.20. The van der Waals surface area contributed by atoms with E-state index in [4.69, 9.17) is 0 Å². The molecule has 1 fully saturated rings. The van der Waals surface area contributed by atoms with Crippen molar-refractivity contribution in [2.24, 2.45) is 5.92 Å². The lowest BCUT2D eigenvalue weighted by Gasteiger charge is -2.21. The third kappa shape index (κ3) is 3.47. The van der Waals surface area contributed by atoms with Gasteiger partial charge in [-0.25, -0.2) is 9.97 Å².